The third-order valence-electron chi connectivity index (χ3n) is 2.21. The third-order valence-corrected chi connectivity index (χ3v) is 2.21. The molecule has 0 fully saturated rings. The number of pyridine rings is 1. The summed E-state index contributed by atoms with van der Waals surface area (Å²) < 4.78 is 39.3. The summed E-state index contributed by atoms with van der Waals surface area (Å²) in [6, 6.07) is 1.71. The summed E-state index contributed by atoms with van der Waals surface area (Å²) >= 11 is 0. The van der Waals surface area contributed by atoms with E-state index >= 15 is 0 Å². The van der Waals surface area contributed by atoms with Gasteiger partial charge in [-0.05, 0) is 19.1 Å². The Labute approximate surface area is 87.9 Å². The van der Waals surface area contributed by atoms with Gasteiger partial charge in [0, 0.05) is 12.7 Å². The second-order valence-electron chi connectivity index (χ2n) is 3.24. The molecule has 0 atom stereocenters. The third kappa shape index (κ3) is 1.58. The molecule has 16 heavy (non-hydrogen) atoms. The number of aromatic nitrogens is 3. The van der Waals surface area contributed by atoms with Crippen molar-refractivity contribution in [3.63, 3.8) is 0 Å². The molecule has 0 saturated heterocycles. The Kier molecular flexibility index (Phi) is 2.25. The zero-order valence-corrected chi connectivity index (χ0v) is 8.32. The molecule has 2 rings (SSSR count). The van der Waals surface area contributed by atoms with Gasteiger partial charge in [0.05, 0.1) is 5.56 Å². The van der Waals surface area contributed by atoms with Crippen molar-refractivity contribution in [2.75, 3.05) is 0 Å². The summed E-state index contributed by atoms with van der Waals surface area (Å²) in [5, 5.41) is 3.77. The standard InChI is InChI=1S/C9H8F3N3O/c1-2-15-8(16)14-4-3-6(9(10,11)12)5-7(14)13-15/h3-5H,2H2,1H3. The van der Waals surface area contributed by atoms with Gasteiger partial charge in [0.1, 0.15) is 0 Å². The average molecular weight is 231 g/mol. The number of aryl methyl sites for hydroxylation is 1. The summed E-state index contributed by atoms with van der Waals surface area (Å²) in [5.74, 6) is 0. The number of alkyl halides is 3. The van der Waals surface area contributed by atoms with E-state index < -0.39 is 17.4 Å². The van der Waals surface area contributed by atoms with E-state index in [2.05, 4.69) is 5.10 Å². The van der Waals surface area contributed by atoms with Gasteiger partial charge in [0.15, 0.2) is 5.65 Å². The number of fused-ring (bicyclic) bond motifs is 1. The molecule has 2 heterocycles. The Hall–Kier alpha value is -1.79. The first-order valence-electron chi connectivity index (χ1n) is 4.60. The van der Waals surface area contributed by atoms with Gasteiger partial charge in [-0.3, -0.25) is 4.40 Å². The summed E-state index contributed by atoms with van der Waals surface area (Å²) in [6.07, 6.45) is -3.34. The lowest BCUT2D eigenvalue weighted by Gasteiger charge is -2.05. The maximum absolute atomic E-state index is 12.4. The normalized spacial score (nSPS) is 12.2. The molecular formula is C9H8F3N3O. The van der Waals surface area contributed by atoms with Crippen molar-refractivity contribution in [2.24, 2.45) is 0 Å². The van der Waals surface area contributed by atoms with Crippen LogP contribution in [0.4, 0.5) is 13.2 Å². The summed E-state index contributed by atoms with van der Waals surface area (Å²) in [4.78, 5) is 11.5. The fourth-order valence-electron chi connectivity index (χ4n) is 1.40. The van der Waals surface area contributed by atoms with E-state index in [9.17, 15) is 18.0 Å². The lowest BCUT2D eigenvalue weighted by molar-refractivity contribution is -0.137. The molecule has 0 saturated carbocycles. The van der Waals surface area contributed by atoms with Crippen molar-refractivity contribution in [1.29, 1.82) is 0 Å². The molecule has 0 N–H and O–H groups in total. The smallest absolute Gasteiger partial charge is 0.250 e. The van der Waals surface area contributed by atoms with Crippen LogP contribution >= 0.6 is 0 Å². The largest absolute Gasteiger partial charge is 0.416 e. The Morgan fingerprint density at radius 2 is 2.12 bits per heavy atom. The molecule has 2 aromatic heterocycles. The van der Waals surface area contributed by atoms with Gasteiger partial charge in [0.25, 0.3) is 0 Å². The van der Waals surface area contributed by atoms with Crippen LogP contribution in [0.2, 0.25) is 0 Å². The topological polar surface area (TPSA) is 39.3 Å². The molecule has 0 amide bonds. The van der Waals surface area contributed by atoms with Crippen molar-refractivity contribution in [3.8, 4) is 0 Å². The van der Waals surface area contributed by atoms with Crippen LogP contribution in [0.25, 0.3) is 5.65 Å². The molecule has 0 aromatic carbocycles. The van der Waals surface area contributed by atoms with Crippen LogP contribution in [0.5, 0.6) is 0 Å². The van der Waals surface area contributed by atoms with E-state index in [4.69, 9.17) is 0 Å². The van der Waals surface area contributed by atoms with Crippen LogP contribution in [0.1, 0.15) is 12.5 Å². The van der Waals surface area contributed by atoms with E-state index in [1.807, 2.05) is 0 Å². The van der Waals surface area contributed by atoms with E-state index in [1.165, 1.54) is 0 Å². The molecule has 0 bridgehead atoms. The molecule has 0 radical (unpaired) electrons. The van der Waals surface area contributed by atoms with E-state index in [-0.39, 0.29) is 5.65 Å². The first kappa shape index (κ1) is 10.7. The minimum Gasteiger partial charge on any atom is -0.250 e. The van der Waals surface area contributed by atoms with Crippen LogP contribution in [0.3, 0.4) is 0 Å². The van der Waals surface area contributed by atoms with Crippen LogP contribution in [-0.2, 0) is 12.7 Å². The van der Waals surface area contributed by atoms with Crippen molar-refractivity contribution < 1.29 is 13.2 Å². The summed E-state index contributed by atoms with van der Waals surface area (Å²) in [5.41, 5.74) is -1.25. The Morgan fingerprint density at radius 1 is 1.44 bits per heavy atom. The molecule has 0 aliphatic rings. The van der Waals surface area contributed by atoms with Crippen LogP contribution < -0.4 is 5.69 Å². The summed E-state index contributed by atoms with van der Waals surface area (Å²) in [7, 11) is 0. The zero-order chi connectivity index (χ0) is 11.9. The highest BCUT2D eigenvalue weighted by atomic mass is 19.4. The molecule has 0 aliphatic heterocycles. The number of hydrogen-bond donors (Lipinski definition) is 0. The Balaban J connectivity index is 2.69. The van der Waals surface area contributed by atoms with Crippen molar-refractivity contribution in [2.45, 2.75) is 19.6 Å². The predicted molar refractivity (Wildman–Crippen MR) is 50.1 cm³/mol. The van der Waals surface area contributed by atoms with Gasteiger partial charge in [-0.2, -0.15) is 13.2 Å². The average Bonchev–Trinajstić information content (AvgIpc) is 2.54. The van der Waals surface area contributed by atoms with Gasteiger partial charge in [-0.15, -0.1) is 5.10 Å². The molecule has 0 unspecified atom stereocenters. The van der Waals surface area contributed by atoms with E-state index in [1.54, 1.807) is 6.92 Å². The summed E-state index contributed by atoms with van der Waals surface area (Å²) in [6.45, 7) is 2.01. The molecule has 0 aliphatic carbocycles. The van der Waals surface area contributed by atoms with Gasteiger partial charge >= 0.3 is 11.9 Å². The highest BCUT2D eigenvalue weighted by Gasteiger charge is 2.31. The molecule has 4 nitrogen and oxygen atoms in total. The molecule has 86 valence electrons. The minimum atomic E-state index is -4.42. The fraction of sp³-hybridized carbons (Fsp3) is 0.333. The monoisotopic (exact) mass is 231 g/mol. The van der Waals surface area contributed by atoms with Gasteiger partial charge in [-0.1, -0.05) is 0 Å². The maximum atomic E-state index is 12.4. The molecule has 0 spiro atoms. The SMILES string of the molecule is CCn1nc2cc(C(F)(F)F)ccn2c1=O. The highest BCUT2D eigenvalue weighted by molar-refractivity contribution is 5.40. The molecular weight excluding hydrogens is 223 g/mol. The van der Waals surface area contributed by atoms with Crippen molar-refractivity contribution in [1.82, 2.24) is 14.2 Å². The molecule has 7 heteroatoms. The number of hydrogen-bond acceptors (Lipinski definition) is 2. The number of nitrogens with zero attached hydrogens (tertiary/aromatic N) is 3. The van der Waals surface area contributed by atoms with Crippen LogP contribution in [0.15, 0.2) is 23.1 Å². The second-order valence-corrected chi connectivity index (χ2v) is 3.24. The lowest BCUT2D eigenvalue weighted by atomic mass is 10.2. The van der Waals surface area contributed by atoms with E-state index in [0.29, 0.717) is 6.54 Å². The first-order valence-corrected chi connectivity index (χ1v) is 4.60. The Morgan fingerprint density at radius 3 is 2.69 bits per heavy atom. The van der Waals surface area contributed by atoms with Crippen molar-refractivity contribution >= 4 is 5.65 Å². The van der Waals surface area contributed by atoms with E-state index in [0.717, 1.165) is 27.4 Å². The lowest BCUT2D eigenvalue weighted by Crippen LogP contribution is -2.20. The van der Waals surface area contributed by atoms with Crippen molar-refractivity contribution in [3.05, 3.63) is 34.4 Å². The van der Waals surface area contributed by atoms with Gasteiger partial charge in [0.2, 0.25) is 0 Å². The zero-order valence-electron chi connectivity index (χ0n) is 8.32. The number of halogens is 3. The first-order chi connectivity index (χ1) is 7.43. The number of rotatable bonds is 1. The van der Waals surface area contributed by atoms with Gasteiger partial charge < -0.3 is 0 Å². The second kappa shape index (κ2) is 3.36. The van der Waals surface area contributed by atoms with Crippen LogP contribution in [0, 0.1) is 0 Å². The molecule has 2 aromatic rings. The Bertz CT molecular complexity index is 582. The quantitative estimate of drug-likeness (QED) is 0.746. The van der Waals surface area contributed by atoms with Gasteiger partial charge in [-0.25, -0.2) is 9.48 Å². The predicted octanol–water partition coefficient (Wildman–Crippen LogP) is 1.53. The minimum absolute atomic E-state index is 0.00155. The highest BCUT2D eigenvalue weighted by Crippen LogP contribution is 2.29. The fourth-order valence-corrected chi connectivity index (χ4v) is 1.40. The van der Waals surface area contributed by atoms with Crippen LogP contribution in [-0.4, -0.2) is 14.2 Å². The maximum Gasteiger partial charge on any atom is 0.416 e.